The summed E-state index contributed by atoms with van der Waals surface area (Å²) in [5.41, 5.74) is 1.29. The zero-order chi connectivity index (χ0) is 12.8. The first kappa shape index (κ1) is 13.2. The molecule has 0 aromatic heterocycles. The second-order valence-corrected chi connectivity index (χ2v) is 5.06. The van der Waals surface area contributed by atoms with Crippen LogP contribution >= 0.6 is 0 Å². The van der Waals surface area contributed by atoms with E-state index in [1.54, 1.807) is 7.11 Å². The normalized spacial score (nSPS) is 20.7. The molecule has 0 aliphatic heterocycles. The van der Waals surface area contributed by atoms with Gasteiger partial charge in [0, 0.05) is 6.04 Å². The third-order valence-electron chi connectivity index (χ3n) is 3.68. The van der Waals surface area contributed by atoms with E-state index in [2.05, 4.69) is 42.6 Å². The zero-order valence-corrected chi connectivity index (χ0v) is 11.4. The number of hydrogen-bond acceptors (Lipinski definition) is 2. The molecule has 0 fully saturated rings. The van der Waals surface area contributed by atoms with Gasteiger partial charge in [-0.1, -0.05) is 24.3 Å². The van der Waals surface area contributed by atoms with Crippen molar-refractivity contribution < 1.29 is 4.74 Å². The average Bonchev–Trinajstić information content (AvgIpc) is 2.46. The molecule has 2 atom stereocenters. The third-order valence-corrected chi connectivity index (χ3v) is 3.68. The van der Waals surface area contributed by atoms with Gasteiger partial charge < -0.3 is 10.1 Å². The van der Waals surface area contributed by atoms with E-state index in [0.717, 1.165) is 18.2 Å². The molecule has 2 nitrogen and oxygen atoms in total. The Hall–Kier alpha value is -1.28. The fourth-order valence-electron chi connectivity index (χ4n) is 2.41. The molecule has 1 aromatic rings. The van der Waals surface area contributed by atoms with Crippen LogP contribution in [0.5, 0.6) is 5.75 Å². The summed E-state index contributed by atoms with van der Waals surface area (Å²) in [5.74, 6) is 1.73. The lowest BCUT2D eigenvalue weighted by Gasteiger charge is -2.22. The number of ether oxygens (including phenoxy) is 1. The standard InChI is InChI=1S/C16H23NO/c1-13(15-9-6-10-16(11-15)18-2)17-12-14-7-4-3-5-8-14/h3-4,6,9-11,13-14,17H,5,7-8,12H2,1-2H3/t13-,14?/m1/s1. The summed E-state index contributed by atoms with van der Waals surface area (Å²) in [5, 5.41) is 3.63. The lowest BCUT2D eigenvalue weighted by atomic mass is 9.94. The Balaban J connectivity index is 1.86. The molecule has 1 unspecified atom stereocenters. The summed E-state index contributed by atoms with van der Waals surface area (Å²) in [4.78, 5) is 0. The van der Waals surface area contributed by atoms with Crippen molar-refractivity contribution in [1.29, 1.82) is 0 Å². The number of methoxy groups -OCH3 is 1. The molecule has 0 saturated carbocycles. The van der Waals surface area contributed by atoms with Crippen molar-refractivity contribution in [1.82, 2.24) is 5.32 Å². The summed E-state index contributed by atoms with van der Waals surface area (Å²) >= 11 is 0. The van der Waals surface area contributed by atoms with Crippen molar-refractivity contribution in [2.75, 3.05) is 13.7 Å². The van der Waals surface area contributed by atoms with Crippen LogP contribution < -0.4 is 10.1 Å². The van der Waals surface area contributed by atoms with E-state index in [4.69, 9.17) is 4.74 Å². The molecule has 0 radical (unpaired) electrons. The van der Waals surface area contributed by atoms with Crippen LogP contribution in [0.3, 0.4) is 0 Å². The quantitative estimate of drug-likeness (QED) is 0.799. The maximum Gasteiger partial charge on any atom is 0.119 e. The predicted molar refractivity (Wildman–Crippen MR) is 75.9 cm³/mol. The minimum atomic E-state index is 0.381. The van der Waals surface area contributed by atoms with Crippen LogP contribution in [0.1, 0.15) is 37.8 Å². The van der Waals surface area contributed by atoms with Gasteiger partial charge in [0.25, 0.3) is 0 Å². The van der Waals surface area contributed by atoms with Gasteiger partial charge in [0.05, 0.1) is 7.11 Å². The molecule has 1 aliphatic carbocycles. The average molecular weight is 245 g/mol. The fraction of sp³-hybridized carbons (Fsp3) is 0.500. The minimum Gasteiger partial charge on any atom is -0.497 e. The van der Waals surface area contributed by atoms with Crippen molar-refractivity contribution in [2.24, 2.45) is 5.92 Å². The van der Waals surface area contributed by atoms with Crippen LogP contribution in [0, 0.1) is 5.92 Å². The summed E-state index contributed by atoms with van der Waals surface area (Å²) in [6.45, 7) is 3.32. The Kier molecular flexibility index (Phi) is 4.82. The SMILES string of the molecule is COc1cccc([C@@H](C)NCC2CC=CCC2)c1. The van der Waals surface area contributed by atoms with Crippen molar-refractivity contribution >= 4 is 0 Å². The van der Waals surface area contributed by atoms with Crippen molar-refractivity contribution in [3.8, 4) is 5.75 Å². The molecule has 0 bridgehead atoms. The molecule has 1 aliphatic rings. The predicted octanol–water partition coefficient (Wildman–Crippen LogP) is 3.70. The summed E-state index contributed by atoms with van der Waals surface area (Å²) < 4.78 is 5.26. The van der Waals surface area contributed by atoms with Crippen molar-refractivity contribution in [3.05, 3.63) is 42.0 Å². The van der Waals surface area contributed by atoms with Crippen LogP contribution in [0.15, 0.2) is 36.4 Å². The lowest BCUT2D eigenvalue weighted by molar-refractivity contribution is 0.406. The molecule has 0 saturated heterocycles. The van der Waals surface area contributed by atoms with E-state index in [1.807, 2.05) is 6.07 Å². The Morgan fingerprint density at radius 3 is 3.00 bits per heavy atom. The van der Waals surface area contributed by atoms with E-state index < -0.39 is 0 Å². The first-order valence-corrected chi connectivity index (χ1v) is 6.82. The van der Waals surface area contributed by atoms with E-state index in [9.17, 15) is 0 Å². The van der Waals surface area contributed by atoms with Gasteiger partial charge >= 0.3 is 0 Å². The van der Waals surface area contributed by atoms with Crippen LogP contribution in [0.25, 0.3) is 0 Å². The second kappa shape index (κ2) is 6.60. The minimum absolute atomic E-state index is 0.381. The highest BCUT2D eigenvalue weighted by molar-refractivity contribution is 5.30. The van der Waals surface area contributed by atoms with Crippen molar-refractivity contribution in [2.45, 2.75) is 32.2 Å². The van der Waals surface area contributed by atoms with Crippen LogP contribution in [0.4, 0.5) is 0 Å². The summed E-state index contributed by atoms with van der Waals surface area (Å²) in [6.07, 6.45) is 8.38. The molecule has 18 heavy (non-hydrogen) atoms. The van der Waals surface area contributed by atoms with Crippen LogP contribution in [0.2, 0.25) is 0 Å². The van der Waals surface area contributed by atoms with Crippen LogP contribution in [-0.2, 0) is 0 Å². The lowest BCUT2D eigenvalue weighted by Crippen LogP contribution is -2.26. The zero-order valence-electron chi connectivity index (χ0n) is 11.4. The highest BCUT2D eigenvalue weighted by Gasteiger charge is 2.12. The first-order valence-electron chi connectivity index (χ1n) is 6.82. The molecule has 1 aromatic carbocycles. The molecule has 0 spiro atoms. The van der Waals surface area contributed by atoms with Crippen LogP contribution in [-0.4, -0.2) is 13.7 Å². The molecule has 0 amide bonds. The first-order chi connectivity index (χ1) is 8.79. The van der Waals surface area contributed by atoms with Gasteiger partial charge in [0.1, 0.15) is 5.75 Å². The molecular formula is C16H23NO. The summed E-state index contributed by atoms with van der Waals surface area (Å²) in [6, 6.07) is 8.68. The Morgan fingerprint density at radius 1 is 1.39 bits per heavy atom. The van der Waals surface area contributed by atoms with E-state index in [1.165, 1.54) is 24.8 Å². The molecule has 98 valence electrons. The van der Waals surface area contributed by atoms with Gasteiger partial charge in [-0.15, -0.1) is 0 Å². The summed E-state index contributed by atoms with van der Waals surface area (Å²) in [7, 11) is 1.71. The molecule has 0 heterocycles. The van der Waals surface area contributed by atoms with Gasteiger partial charge in [-0.2, -0.15) is 0 Å². The molecule has 2 heteroatoms. The van der Waals surface area contributed by atoms with E-state index in [-0.39, 0.29) is 0 Å². The molecular weight excluding hydrogens is 222 g/mol. The smallest absolute Gasteiger partial charge is 0.119 e. The number of hydrogen-bond donors (Lipinski definition) is 1. The number of rotatable bonds is 5. The largest absolute Gasteiger partial charge is 0.497 e. The number of allylic oxidation sites excluding steroid dienone is 2. The maximum absolute atomic E-state index is 5.26. The number of nitrogens with one attached hydrogen (secondary N) is 1. The highest BCUT2D eigenvalue weighted by atomic mass is 16.5. The Bertz CT molecular complexity index is 400. The topological polar surface area (TPSA) is 21.3 Å². The van der Waals surface area contributed by atoms with Gasteiger partial charge in [-0.05, 0) is 56.3 Å². The monoisotopic (exact) mass is 245 g/mol. The maximum atomic E-state index is 5.26. The fourth-order valence-corrected chi connectivity index (χ4v) is 2.41. The second-order valence-electron chi connectivity index (χ2n) is 5.06. The van der Waals surface area contributed by atoms with Gasteiger partial charge in [0.2, 0.25) is 0 Å². The van der Waals surface area contributed by atoms with Crippen molar-refractivity contribution in [3.63, 3.8) is 0 Å². The van der Waals surface area contributed by atoms with Gasteiger partial charge in [-0.3, -0.25) is 0 Å². The Morgan fingerprint density at radius 2 is 2.28 bits per heavy atom. The molecule has 2 rings (SSSR count). The van der Waals surface area contributed by atoms with Gasteiger partial charge in [-0.25, -0.2) is 0 Å². The van der Waals surface area contributed by atoms with Gasteiger partial charge in [0.15, 0.2) is 0 Å². The van der Waals surface area contributed by atoms with E-state index in [0.29, 0.717) is 6.04 Å². The molecule has 1 N–H and O–H groups in total. The third kappa shape index (κ3) is 3.61. The highest BCUT2D eigenvalue weighted by Crippen LogP contribution is 2.21. The number of benzene rings is 1. The Labute approximate surface area is 110 Å². The van der Waals surface area contributed by atoms with E-state index >= 15 is 0 Å².